The van der Waals surface area contributed by atoms with Crippen molar-refractivity contribution in [2.75, 3.05) is 17.1 Å². The molecule has 1 N–H and O–H groups in total. The van der Waals surface area contributed by atoms with Crippen molar-refractivity contribution in [1.29, 1.82) is 0 Å². The van der Waals surface area contributed by atoms with Crippen LogP contribution in [-0.4, -0.2) is 50.0 Å². The molecule has 2 amide bonds. The summed E-state index contributed by atoms with van der Waals surface area (Å²) in [5, 5.41) is 4.24. The number of halogens is 1. The van der Waals surface area contributed by atoms with Crippen LogP contribution >= 0.6 is 0 Å². The van der Waals surface area contributed by atoms with Crippen LogP contribution in [0.5, 0.6) is 0 Å². The maximum atomic E-state index is 14.4. The van der Waals surface area contributed by atoms with Gasteiger partial charge in [0.1, 0.15) is 18.4 Å². The molecule has 0 fully saturated rings. The number of amides is 2. The largest absolute Gasteiger partial charge is 0.352 e. The van der Waals surface area contributed by atoms with Crippen LogP contribution < -0.4 is 9.62 Å². The van der Waals surface area contributed by atoms with Gasteiger partial charge in [0.15, 0.2) is 0 Å². The van der Waals surface area contributed by atoms with Crippen molar-refractivity contribution >= 4 is 38.3 Å². The van der Waals surface area contributed by atoms with Crippen LogP contribution in [0.1, 0.15) is 26.3 Å². The predicted molar refractivity (Wildman–Crippen MR) is 136 cm³/mol. The summed E-state index contributed by atoms with van der Waals surface area (Å²) >= 11 is 0. The molecule has 0 aliphatic carbocycles. The minimum Gasteiger partial charge on any atom is -0.352 e. The van der Waals surface area contributed by atoms with Crippen LogP contribution in [0.25, 0.3) is 10.8 Å². The molecule has 0 heterocycles. The molecule has 0 saturated carbocycles. The standard InChI is InChI=1S/C26H30FN3O4S/c1-18(2)28-26(32)19(3)29(16-21-11-6-8-14-23(21)27)25(31)17-30(35(4,33)34)24-15-9-12-20-10-5-7-13-22(20)24/h5-15,18-19H,16-17H2,1-4H3,(H,28,32)/t19-/m0/s1. The molecule has 9 heteroatoms. The molecule has 0 spiro atoms. The number of fused-ring (bicyclic) bond motifs is 1. The van der Waals surface area contributed by atoms with Gasteiger partial charge in [-0.1, -0.05) is 54.6 Å². The summed E-state index contributed by atoms with van der Waals surface area (Å²) in [7, 11) is -3.87. The third kappa shape index (κ3) is 6.36. The van der Waals surface area contributed by atoms with Crippen LogP contribution in [0.2, 0.25) is 0 Å². The van der Waals surface area contributed by atoms with E-state index in [1.165, 1.54) is 23.1 Å². The molecule has 0 aromatic heterocycles. The lowest BCUT2D eigenvalue weighted by Crippen LogP contribution is -2.52. The van der Waals surface area contributed by atoms with Crippen molar-refractivity contribution in [3.63, 3.8) is 0 Å². The van der Waals surface area contributed by atoms with Crippen molar-refractivity contribution < 1.29 is 22.4 Å². The summed E-state index contributed by atoms with van der Waals surface area (Å²) in [6.07, 6.45) is 1.03. The molecule has 1 atom stereocenters. The number of rotatable bonds is 9. The summed E-state index contributed by atoms with van der Waals surface area (Å²) in [6, 6.07) is 17.3. The summed E-state index contributed by atoms with van der Waals surface area (Å²) in [6.45, 7) is 4.39. The minimum atomic E-state index is -3.87. The van der Waals surface area contributed by atoms with Gasteiger partial charge in [0.25, 0.3) is 0 Å². The summed E-state index contributed by atoms with van der Waals surface area (Å²) < 4.78 is 41.1. The Kier molecular flexibility index (Phi) is 8.11. The highest BCUT2D eigenvalue weighted by molar-refractivity contribution is 7.92. The van der Waals surface area contributed by atoms with E-state index in [0.717, 1.165) is 15.9 Å². The van der Waals surface area contributed by atoms with Gasteiger partial charge in [-0.25, -0.2) is 12.8 Å². The number of anilines is 1. The van der Waals surface area contributed by atoms with Crippen LogP contribution in [0.15, 0.2) is 66.7 Å². The van der Waals surface area contributed by atoms with Crippen molar-refractivity contribution in [3.05, 3.63) is 78.1 Å². The van der Waals surface area contributed by atoms with Gasteiger partial charge in [0.2, 0.25) is 21.8 Å². The molecule has 0 unspecified atom stereocenters. The fourth-order valence-corrected chi connectivity index (χ4v) is 4.68. The highest BCUT2D eigenvalue weighted by Gasteiger charge is 2.31. The lowest BCUT2D eigenvalue weighted by Gasteiger charge is -2.32. The van der Waals surface area contributed by atoms with E-state index in [2.05, 4.69) is 5.32 Å². The fraction of sp³-hybridized carbons (Fsp3) is 0.308. The van der Waals surface area contributed by atoms with Gasteiger partial charge in [-0.3, -0.25) is 13.9 Å². The summed E-state index contributed by atoms with van der Waals surface area (Å²) in [4.78, 5) is 27.6. The molecular weight excluding hydrogens is 469 g/mol. The number of carbonyl (C=O) groups is 2. The van der Waals surface area contributed by atoms with Crippen LogP contribution in [-0.2, 0) is 26.2 Å². The smallest absolute Gasteiger partial charge is 0.244 e. The SMILES string of the molecule is CC(C)NC(=O)[C@H](C)N(Cc1ccccc1F)C(=O)CN(c1cccc2ccccc12)S(C)(=O)=O. The number of hydrogen-bond donors (Lipinski definition) is 1. The Morgan fingerprint density at radius 3 is 2.23 bits per heavy atom. The Morgan fingerprint density at radius 2 is 1.57 bits per heavy atom. The first kappa shape index (κ1) is 26.2. The first-order valence-corrected chi connectivity index (χ1v) is 13.1. The first-order valence-electron chi connectivity index (χ1n) is 11.3. The molecule has 0 radical (unpaired) electrons. The highest BCUT2D eigenvalue weighted by Crippen LogP contribution is 2.28. The summed E-state index contributed by atoms with van der Waals surface area (Å²) in [5.74, 6) is -1.56. The van der Waals surface area contributed by atoms with E-state index in [9.17, 15) is 22.4 Å². The molecule has 3 rings (SSSR count). The molecule has 186 valence electrons. The maximum Gasteiger partial charge on any atom is 0.244 e. The van der Waals surface area contributed by atoms with E-state index in [0.29, 0.717) is 11.1 Å². The van der Waals surface area contributed by atoms with Gasteiger partial charge >= 0.3 is 0 Å². The normalized spacial score (nSPS) is 12.4. The molecule has 0 aliphatic heterocycles. The van der Waals surface area contributed by atoms with Crippen molar-refractivity contribution in [3.8, 4) is 0 Å². The Bertz CT molecular complexity index is 1320. The molecule has 3 aromatic carbocycles. The van der Waals surface area contributed by atoms with Gasteiger partial charge < -0.3 is 10.2 Å². The quantitative estimate of drug-likeness (QED) is 0.487. The number of benzene rings is 3. The number of sulfonamides is 1. The van der Waals surface area contributed by atoms with Gasteiger partial charge in [-0.2, -0.15) is 0 Å². The van der Waals surface area contributed by atoms with Crippen LogP contribution in [0.4, 0.5) is 10.1 Å². The molecular formula is C26H30FN3O4S. The van der Waals surface area contributed by atoms with Gasteiger partial charge in [-0.15, -0.1) is 0 Å². The molecule has 7 nitrogen and oxygen atoms in total. The van der Waals surface area contributed by atoms with Gasteiger partial charge in [-0.05, 0) is 38.3 Å². The molecule has 3 aromatic rings. The Hall–Kier alpha value is -3.46. The maximum absolute atomic E-state index is 14.4. The van der Waals surface area contributed by atoms with E-state index < -0.39 is 40.2 Å². The third-order valence-electron chi connectivity index (χ3n) is 5.61. The van der Waals surface area contributed by atoms with E-state index >= 15 is 0 Å². The second kappa shape index (κ2) is 10.9. The Morgan fingerprint density at radius 1 is 0.943 bits per heavy atom. The minimum absolute atomic E-state index is 0.168. The summed E-state index contributed by atoms with van der Waals surface area (Å²) in [5.41, 5.74) is 0.574. The third-order valence-corrected chi connectivity index (χ3v) is 6.74. The van der Waals surface area contributed by atoms with E-state index in [-0.39, 0.29) is 18.2 Å². The average Bonchev–Trinajstić information content (AvgIpc) is 2.80. The van der Waals surface area contributed by atoms with Gasteiger partial charge in [0, 0.05) is 23.5 Å². The Labute approximate surface area is 205 Å². The van der Waals surface area contributed by atoms with Crippen LogP contribution in [0.3, 0.4) is 0 Å². The average molecular weight is 500 g/mol. The first-order chi connectivity index (χ1) is 16.5. The Balaban J connectivity index is 2.01. The van der Waals surface area contributed by atoms with E-state index in [1.807, 2.05) is 18.2 Å². The predicted octanol–water partition coefficient (Wildman–Crippen LogP) is 3.69. The van der Waals surface area contributed by atoms with E-state index in [1.54, 1.807) is 51.1 Å². The van der Waals surface area contributed by atoms with Crippen molar-refractivity contribution in [2.24, 2.45) is 0 Å². The number of nitrogens with zero attached hydrogens (tertiary/aromatic N) is 2. The number of carbonyl (C=O) groups excluding carboxylic acids is 2. The van der Waals surface area contributed by atoms with Crippen molar-refractivity contribution in [1.82, 2.24) is 10.2 Å². The molecule has 0 saturated heterocycles. The highest BCUT2D eigenvalue weighted by atomic mass is 32.2. The fourth-order valence-electron chi connectivity index (χ4n) is 3.82. The lowest BCUT2D eigenvalue weighted by molar-refractivity contribution is -0.139. The molecule has 0 bridgehead atoms. The molecule has 0 aliphatic rings. The number of hydrogen-bond acceptors (Lipinski definition) is 4. The second-order valence-electron chi connectivity index (χ2n) is 8.72. The molecule has 35 heavy (non-hydrogen) atoms. The second-order valence-corrected chi connectivity index (χ2v) is 10.6. The topological polar surface area (TPSA) is 86.8 Å². The number of nitrogens with one attached hydrogen (secondary N) is 1. The monoisotopic (exact) mass is 499 g/mol. The van der Waals surface area contributed by atoms with E-state index in [4.69, 9.17) is 0 Å². The lowest BCUT2D eigenvalue weighted by atomic mass is 10.1. The zero-order chi connectivity index (χ0) is 25.8. The van der Waals surface area contributed by atoms with Gasteiger partial charge in [0.05, 0.1) is 11.9 Å². The zero-order valence-corrected chi connectivity index (χ0v) is 21.0. The van der Waals surface area contributed by atoms with Crippen LogP contribution in [0, 0.1) is 5.82 Å². The zero-order valence-electron chi connectivity index (χ0n) is 20.2. The van der Waals surface area contributed by atoms with Crippen molar-refractivity contribution in [2.45, 2.75) is 39.4 Å².